The van der Waals surface area contributed by atoms with E-state index in [1.165, 1.54) is 5.57 Å². The molecule has 0 aromatic heterocycles. The topological polar surface area (TPSA) is 72.8 Å². The third-order valence-corrected chi connectivity index (χ3v) is 8.36. The summed E-state index contributed by atoms with van der Waals surface area (Å²) in [5.41, 5.74) is -0.0116. The van der Waals surface area contributed by atoms with Gasteiger partial charge < -0.3 is 14.6 Å². The van der Waals surface area contributed by atoms with Crippen LogP contribution < -0.4 is 0 Å². The van der Waals surface area contributed by atoms with Crippen molar-refractivity contribution in [3.8, 4) is 0 Å². The summed E-state index contributed by atoms with van der Waals surface area (Å²) in [6.07, 6.45) is 8.53. The van der Waals surface area contributed by atoms with E-state index >= 15 is 0 Å². The first-order valence-corrected chi connectivity index (χ1v) is 11.6. The van der Waals surface area contributed by atoms with Crippen LogP contribution in [-0.4, -0.2) is 34.9 Å². The van der Waals surface area contributed by atoms with E-state index in [2.05, 4.69) is 26.8 Å². The fourth-order valence-electron chi connectivity index (χ4n) is 6.81. The minimum Gasteiger partial charge on any atom is -0.481 e. The maximum absolute atomic E-state index is 12.3. The highest BCUT2D eigenvalue weighted by Crippen LogP contribution is 2.66. The van der Waals surface area contributed by atoms with E-state index in [0.29, 0.717) is 24.9 Å². The number of ether oxygens (including phenoxy) is 2. The lowest BCUT2D eigenvalue weighted by atomic mass is 9.46. The number of carbonyl (C=O) groups excluding carboxylic acids is 1. The molecule has 0 amide bonds. The second kappa shape index (κ2) is 7.96. The number of fused-ring (bicyclic) bond motifs is 2. The van der Waals surface area contributed by atoms with Crippen molar-refractivity contribution < 1.29 is 24.2 Å². The average Bonchev–Trinajstić information content (AvgIpc) is 2.96. The van der Waals surface area contributed by atoms with Crippen LogP contribution in [0, 0.1) is 22.7 Å². The Hall–Kier alpha value is -1.36. The molecular formula is C25H40O5. The van der Waals surface area contributed by atoms with E-state index in [4.69, 9.17) is 9.47 Å². The Balaban J connectivity index is 1.88. The summed E-state index contributed by atoms with van der Waals surface area (Å²) >= 11 is 0. The number of carbonyl (C=O) groups is 2. The minimum atomic E-state index is -0.806. The molecule has 2 aliphatic carbocycles. The van der Waals surface area contributed by atoms with Gasteiger partial charge in [0, 0.05) is 17.3 Å². The molecule has 170 valence electrons. The number of esters is 1. The maximum atomic E-state index is 12.3. The lowest BCUT2D eigenvalue weighted by molar-refractivity contribution is -0.201. The van der Waals surface area contributed by atoms with Crippen molar-refractivity contribution in [2.75, 3.05) is 6.61 Å². The van der Waals surface area contributed by atoms with Crippen LogP contribution in [0.15, 0.2) is 11.6 Å². The molecule has 5 atom stereocenters. The van der Waals surface area contributed by atoms with Crippen LogP contribution in [0.5, 0.6) is 0 Å². The van der Waals surface area contributed by atoms with E-state index in [1.807, 2.05) is 20.8 Å². The Morgan fingerprint density at radius 2 is 1.90 bits per heavy atom. The molecule has 1 saturated heterocycles. The van der Waals surface area contributed by atoms with Gasteiger partial charge >= 0.3 is 11.9 Å². The minimum absolute atomic E-state index is 0.0346. The Morgan fingerprint density at radius 1 is 1.20 bits per heavy atom. The van der Waals surface area contributed by atoms with Gasteiger partial charge in [-0.15, -0.1) is 0 Å². The lowest BCUT2D eigenvalue weighted by Crippen LogP contribution is -2.60. The van der Waals surface area contributed by atoms with Gasteiger partial charge in [0.05, 0.1) is 24.2 Å². The van der Waals surface area contributed by atoms with Crippen LogP contribution >= 0.6 is 0 Å². The molecule has 5 heteroatoms. The summed E-state index contributed by atoms with van der Waals surface area (Å²) in [5.74, 6) is -0.285. The average molecular weight is 421 g/mol. The SMILES string of the molecule is CC1=CCC2C(C)(COC(=O)CC(C)C)CCCC2(C)C12CCC(C)(CC(=O)O)O2. The molecule has 0 aromatic carbocycles. The number of carboxylic acid groups (broad SMARTS) is 1. The van der Waals surface area contributed by atoms with Gasteiger partial charge in [-0.1, -0.05) is 40.2 Å². The number of allylic oxidation sites excluding steroid dienone is 1. The fourth-order valence-corrected chi connectivity index (χ4v) is 6.81. The highest BCUT2D eigenvalue weighted by Gasteiger charge is 2.65. The molecule has 0 bridgehead atoms. The van der Waals surface area contributed by atoms with E-state index in [1.54, 1.807) is 0 Å². The van der Waals surface area contributed by atoms with Crippen LogP contribution in [0.1, 0.15) is 92.9 Å². The van der Waals surface area contributed by atoms with Crippen molar-refractivity contribution >= 4 is 11.9 Å². The molecule has 1 N–H and O–H groups in total. The van der Waals surface area contributed by atoms with Gasteiger partial charge in [0.25, 0.3) is 0 Å². The molecule has 2 fully saturated rings. The highest BCUT2D eigenvalue weighted by atomic mass is 16.5. The van der Waals surface area contributed by atoms with Crippen LogP contribution in [0.25, 0.3) is 0 Å². The smallest absolute Gasteiger partial charge is 0.306 e. The first kappa shape index (κ1) is 23.3. The molecule has 5 unspecified atom stereocenters. The highest BCUT2D eigenvalue weighted by molar-refractivity contribution is 5.69. The van der Waals surface area contributed by atoms with Gasteiger partial charge in [0.2, 0.25) is 0 Å². The molecule has 0 radical (unpaired) electrons. The third-order valence-electron chi connectivity index (χ3n) is 8.36. The van der Waals surface area contributed by atoms with Crippen molar-refractivity contribution in [2.45, 2.75) is 104 Å². The summed E-state index contributed by atoms with van der Waals surface area (Å²) < 4.78 is 12.6. The van der Waals surface area contributed by atoms with Crippen LogP contribution in [-0.2, 0) is 19.1 Å². The lowest BCUT2D eigenvalue weighted by Gasteiger charge is -2.61. The number of hydrogen-bond donors (Lipinski definition) is 1. The first-order valence-electron chi connectivity index (χ1n) is 11.6. The normalized spacial score (nSPS) is 40.9. The molecule has 3 aliphatic rings. The molecule has 5 nitrogen and oxygen atoms in total. The Bertz CT molecular complexity index is 727. The summed E-state index contributed by atoms with van der Waals surface area (Å²) in [5, 5.41) is 9.41. The maximum Gasteiger partial charge on any atom is 0.306 e. The van der Waals surface area contributed by atoms with E-state index in [-0.39, 0.29) is 23.2 Å². The molecule has 1 aliphatic heterocycles. The second-order valence-electron chi connectivity index (χ2n) is 11.3. The summed E-state index contributed by atoms with van der Waals surface area (Å²) in [6.45, 7) is 13.2. The quantitative estimate of drug-likeness (QED) is 0.452. The molecular weight excluding hydrogens is 380 g/mol. The summed E-state index contributed by atoms with van der Waals surface area (Å²) in [4.78, 5) is 23.7. The van der Waals surface area contributed by atoms with Crippen molar-refractivity contribution in [3.05, 3.63) is 11.6 Å². The van der Waals surface area contributed by atoms with Gasteiger partial charge in [-0.05, 0) is 63.4 Å². The first-order chi connectivity index (χ1) is 13.9. The molecule has 3 rings (SSSR count). The van der Waals surface area contributed by atoms with Crippen LogP contribution in [0.2, 0.25) is 0 Å². The van der Waals surface area contributed by atoms with E-state index in [0.717, 1.165) is 38.5 Å². The predicted octanol–water partition coefficient (Wildman–Crippen LogP) is 5.52. The Labute approximate surface area is 181 Å². The number of hydrogen-bond acceptors (Lipinski definition) is 4. The molecule has 0 aromatic rings. The number of aliphatic carboxylic acids is 1. The molecule has 30 heavy (non-hydrogen) atoms. The van der Waals surface area contributed by atoms with Crippen molar-refractivity contribution in [1.29, 1.82) is 0 Å². The van der Waals surface area contributed by atoms with Gasteiger partial charge in [0.15, 0.2) is 0 Å². The number of carboxylic acids is 1. The van der Waals surface area contributed by atoms with Crippen LogP contribution in [0.4, 0.5) is 0 Å². The van der Waals surface area contributed by atoms with Gasteiger partial charge in [-0.25, -0.2) is 0 Å². The molecule has 1 saturated carbocycles. The van der Waals surface area contributed by atoms with Crippen molar-refractivity contribution in [2.24, 2.45) is 22.7 Å². The Kier molecular flexibility index (Phi) is 6.18. The van der Waals surface area contributed by atoms with E-state index in [9.17, 15) is 14.7 Å². The Morgan fingerprint density at radius 3 is 2.53 bits per heavy atom. The zero-order valence-corrected chi connectivity index (χ0v) is 19.7. The largest absolute Gasteiger partial charge is 0.481 e. The summed E-state index contributed by atoms with van der Waals surface area (Å²) in [7, 11) is 0. The zero-order chi connectivity index (χ0) is 22.4. The van der Waals surface area contributed by atoms with Crippen molar-refractivity contribution in [1.82, 2.24) is 0 Å². The predicted molar refractivity (Wildman–Crippen MR) is 116 cm³/mol. The van der Waals surface area contributed by atoms with Gasteiger partial charge in [0.1, 0.15) is 0 Å². The van der Waals surface area contributed by atoms with E-state index < -0.39 is 17.2 Å². The molecule has 1 heterocycles. The van der Waals surface area contributed by atoms with Crippen molar-refractivity contribution in [3.63, 3.8) is 0 Å². The standard InChI is InChI=1S/C25H40O5/c1-17(2)14-21(28)29-16-22(4)10-7-11-24(6)19(22)9-8-18(3)25(24)13-12-23(5,30-25)15-20(26)27/h8,17,19H,7,9-16H2,1-6H3,(H,26,27). The van der Waals surface area contributed by atoms with Gasteiger partial charge in [-0.2, -0.15) is 0 Å². The number of rotatable bonds is 6. The van der Waals surface area contributed by atoms with Gasteiger partial charge in [-0.3, -0.25) is 9.59 Å². The summed E-state index contributed by atoms with van der Waals surface area (Å²) in [6, 6.07) is 0. The van der Waals surface area contributed by atoms with Crippen LogP contribution in [0.3, 0.4) is 0 Å². The zero-order valence-electron chi connectivity index (χ0n) is 19.7. The third kappa shape index (κ3) is 3.94. The second-order valence-corrected chi connectivity index (χ2v) is 11.3. The monoisotopic (exact) mass is 420 g/mol. The fraction of sp³-hybridized carbons (Fsp3) is 0.840. The molecule has 1 spiro atoms.